The summed E-state index contributed by atoms with van der Waals surface area (Å²) in [6, 6.07) is 5.05. The Kier molecular flexibility index (Phi) is 6.83. The van der Waals surface area contributed by atoms with Gasteiger partial charge < -0.3 is 18.9 Å². The van der Waals surface area contributed by atoms with E-state index in [-0.39, 0.29) is 0 Å². The first-order valence-corrected chi connectivity index (χ1v) is 5.64. The number of ether oxygens (including phenoxy) is 4. The Bertz CT molecular complexity index is 364. The Morgan fingerprint density at radius 3 is 2.56 bits per heavy atom. The van der Waals surface area contributed by atoms with Gasteiger partial charge in [0.1, 0.15) is 18.1 Å². The highest BCUT2D eigenvalue weighted by atomic mass is 16.5. The van der Waals surface area contributed by atoms with Gasteiger partial charge in [-0.3, -0.25) is 4.79 Å². The molecule has 1 aromatic carbocycles. The number of methoxy groups -OCH3 is 2. The van der Waals surface area contributed by atoms with Gasteiger partial charge in [0.25, 0.3) is 0 Å². The van der Waals surface area contributed by atoms with Crippen molar-refractivity contribution in [3.8, 4) is 11.5 Å². The fraction of sp³-hybridized carbons (Fsp3) is 0.462. The second-order valence-corrected chi connectivity index (χ2v) is 3.48. The van der Waals surface area contributed by atoms with E-state index in [0.717, 1.165) is 6.29 Å². The van der Waals surface area contributed by atoms with Crippen molar-refractivity contribution in [3.05, 3.63) is 23.8 Å². The van der Waals surface area contributed by atoms with E-state index >= 15 is 0 Å². The second-order valence-electron chi connectivity index (χ2n) is 3.48. The van der Waals surface area contributed by atoms with Crippen LogP contribution in [0.5, 0.6) is 11.5 Å². The molecule has 0 N–H and O–H groups in total. The fourth-order valence-electron chi connectivity index (χ4n) is 1.32. The largest absolute Gasteiger partial charge is 0.497 e. The Hall–Kier alpha value is -1.59. The Labute approximate surface area is 107 Å². The lowest BCUT2D eigenvalue weighted by molar-refractivity contribution is 0.0542. The summed E-state index contributed by atoms with van der Waals surface area (Å²) in [5, 5.41) is 0. The molecule has 0 aliphatic carbocycles. The molecule has 0 heterocycles. The molecule has 100 valence electrons. The summed E-state index contributed by atoms with van der Waals surface area (Å²) >= 11 is 0. The van der Waals surface area contributed by atoms with E-state index < -0.39 is 0 Å². The number of carbonyl (C=O) groups is 1. The zero-order valence-corrected chi connectivity index (χ0v) is 10.7. The van der Waals surface area contributed by atoms with Gasteiger partial charge in [-0.25, -0.2) is 0 Å². The molecule has 0 fully saturated rings. The third-order valence-electron chi connectivity index (χ3n) is 2.26. The molecule has 0 radical (unpaired) electrons. The van der Waals surface area contributed by atoms with Crippen molar-refractivity contribution < 1.29 is 23.7 Å². The predicted octanol–water partition coefficient (Wildman–Crippen LogP) is 1.55. The van der Waals surface area contributed by atoms with Crippen LogP contribution in [-0.4, -0.2) is 46.9 Å². The van der Waals surface area contributed by atoms with Crippen LogP contribution in [0, 0.1) is 0 Å². The van der Waals surface area contributed by atoms with Crippen LogP contribution in [0.15, 0.2) is 18.2 Å². The van der Waals surface area contributed by atoms with Crippen molar-refractivity contribution in [1.29, 1.82) is 0 Å². The third-order valence-corrected chi connectivity index (χ3v) is 2.26. The van der Waals surface area contributed by atoms with E-state index in [0.29, 0.717) is 43.5 Å². The van der Waals surface area contributed by atoms with Crippen LogP contribution in [0.3, 0.4) is 0 Å². The zero-order chi connectivity index (χ0) is 13.2. The second kappa shape index (κ2) is 8.49. The predicted molar refractivity (Wildman–Crippen MR) is 66.6 cm³/mol. The van der Waals surface area contributed by atoms with Gasteiger partial charge >= 0.3 is 0 Å². The van der Waals surface area contributed by atoms with Crippen LogP contribution >= 0.6 is 0 Å². The van der Waals surface area contributed by atoms with Crippen molar-refractivity contribution in [2.24, 2.45) is 0 Å². The lowest BCUT2D eigenvalue weighted by Gasteiger charge is -2.10. The molecule has 18 heavy (non-hydrogen) atoms. The third kappa shape index (κ3) is 4.73. The molecule has 0 spiro atoms. The molecule has 0 amide bonds. The quantitative estimate of drug-likeness (QED) is 0.494. The Balaban J connectivity index is 2.42. The fourth-order valence-corrected chi connectivity index (χ4v) is 1.32. The number of hydrogen-bond donors (Lipinski definition) is 0. The maximum atomic E-state index is 10.8. The molecule has 0 aliphatic heterocycles. The SMILES string of the molecule is COCCOCCOc1cc(OC)ccc1C=O. The van der Waals surface area contributed by atoms with E-state index in [1.54, 1.807) is 32.4 Å². The first kappa shape index (κ1) is 14.5. The van der Waals surface area contributed by atoms with Crippen LogP contribution in [0.25, 0.3) is 0 Å². The van der Waals surface area contributed by atoms with Gasteiger partial charge in [0.05, 0.1) is 32.5 Å². The molecule has 0 aliphatic rings. The molecule has 0 bridgehead atoms. The Morgan fingerprint density at radius 2 is 1.89 bits per heavy atom. The first-order valence-electron chi connectivity index (χ1n) is 5.64. The van der Waals surface area contributed by atoms with Gasteiger partial charge in [0.2, 0.25) is 0 Å². The van der Waals surface area contributed by atoms with E-state index in [9.17, 15) is 4.79 Å². The van der Waals surface area contributed by atoms with Crippen molar-refractivity contribution in [2.45, 2.75) is 0 Å². The zero-order valence-electron chi connectivity index (χ0n) is 10.7. The van der Waals surface area contributed by atoms with Gasteiger partial charge in [0, 0.05) is 13.2 Å². The molecular formula is C13H18O5. The summed E-state index contributed by atoms with van der Waals surface area (Å²) < 4.78 is 20.6. The van der Waals surface area contributed by atoms with Crippen LogP contribution in [-0.2, 0) is 9.47 Å². The molecule has 5 heteroatoms. The van der Waals surface area contributed by atoms with Crippen molar-refractivity contribution in [2.75, 3.05) is 40.6 Å². The number of benzene rings is 1. The normalized spacial score (nSPS) is 10.1. The summed E-state index contributed by atoms with van der Waals surface area (Å²) in [6.07, 6.45) is 0.751. The van der Waals surface area contributed by atoms with Gasteiger partial charge in [-0.2, -0.15) is 0 Å². The highest BCUT2D eigenvalue weighted by Crippen LogP contribution is 2.23. The standard InChI is InChI=1S/C13H18O5/c1-15-5-6-17-7-8-18-13-9-12(16-2)4-3-11(13)10-14/h3-4,9-10H,5-8H2,1-2H3. The minimum atomic E-state index is 0.373. The highest BCUT2D eigenvalue weighted by molar-refractivity contribution is 5.79. The summed E-state index contributed by atoms with van der Waals surface area (Å²) in [6.45, 7) is 1.90. The lowest BCUT2D eigenvalue weighted by Crippen LogP contribution is -2.10. The van der Waals surface area contributed by atoms with Crippen LogP contribution in [0.2, 0.25) is 0 Å². The van der Waals surface area contributed by atoms with Gasteiger partial charge in [-0.15, -0.1) is 0 Å². The van der Waals surface area contributed by atoms with Crippen molar-refractivity contribution in [3.63, 3.8) is 0 Å². The van der Waals surface area contributed by atoms with E-state index in [1.807, 2.05) is 0 Å². The summed E-state index contributed by atoms with van der Waals surface area (Å²) in [5.74, 6) is 1.15. The molecule has 0 unspecified atom stereocenters. The summed E-state index contributed by atoms with van der Waals surface area (Å²) in [4.78, 5) is 10.8. The van der Waals surface area contributed by atoms with Crippen LogP contribution < -0.4 is 9.47 Å². The molecule has 0 atom stereocenters. The molecule has 1 rings (SSSR count). The molecular weight excluding hydrogens is 236 g/mol. The first-order chi connectivity index (χ1) is 8.81. The van der Waals surface area contributed by atoms with Crippen molar-refractivity contribution in [1.82, 2.24) is 0 Å². The number of rotatable bonds is 9. The monoisotopic (exact) mass is 254 g/mol. The van der Waals surface area contributed by atoms with Crippen molar-refractivity contribution >= 4 is 6.29 Å². The number of hydrogen-bond acceptors (Lipinski definition) is 5. The summed E-state index contributed by atoms with van der Waals surface area (Å²) in [5.41, 5.74) is 0.493. The maximum Gasteiger partial charge on any atom is 0.153 e. The van der Waals surface area contributed by atoms with Crippen LogP contribution in [0.4, 0.5) is 0 Å². The van der Waals surface area contributed by atoms with Gasteiger partial charge in [-0.05, 0) is 12.1 Å². The molecule has 0 saturated heterocycles. The summed E-state index contributed by atoms with van der Waals surface area (Å²) in [7, 11) is 3.18. The molecule has 0 aromatic heterocycles. The minimum Gasteiger partial charge on any atom is -0.497 e. The van der Waals surface area contributed by atoms with Gasteiger partial charge in [-0.1, -0.05) is 0 Å². The molecule has 0 saturated carbocycles. The highest BCUT2D eigenvalue weighted by Gasteiger charge is 2.04. The van der Waals surface area contributed by atoms with E-state index in [4.69, 9.17) is 18.9 Å². The topological polar surface area (TPSA) is 54.0 Å². The van der Waals surface area contributed by atoms with E-state index in [1.165, 1.54) is 0 Å². The molecule has 1 aromatic rings. The van der Waals surface area contributed by atoms with E-state index in [2.05, 4.69) is 0 Å². The average molecular weight is 254 g/mol. The van der Waals surface area contributed by atoms with Gasteiger partial charge in [0.15, 0.2) is 6.29 Å². The molecule has 5 nitrogen and oxygen atoms in total. The lowest BCUT2D eigenvalue weighted by atomic mass is 10.2. The number of carbonyl (C=O) groups excluding carboxylic acids is 1. The maximum absolute atomic E-state index is 10.8. The smallest absolute Gasteiger partial charge is 0.153 e. The average Bonchev–Trinajstić information content (AvgIpc) is 2.42. The Morgan fingerprint density at radius 1 is 1.11 bits per heavy atom. The number of aldehydes is 1. The van der Waals surface area contributed by atoms with Crippen LogP contribution in [0.1, 0.15) is 10.4 Å². The minimum absolute atomic E-state index is 0.373.